The molecule has 0 saturated carbocycles. The van der Waals surface area contributed by atoms with Crippen molar-refractivity contribution in [1.29, 1.82) is 5.26 Å². The molecular formula is C24H16N2O2. The summed E-state index contributed by atoms with van der Waals surface area (Å²) in [6.45, 7) is 0. The van der Waals surface area contributed by atoms with Crippen molar-refractivity contribution in [2.45, 2.75) is 6.10 Å². The van der Waals surface area contributed by atoms with Crippen molar-refractivity contribution in [3.05, 3.63) is 95.9 Å². The molecule has 134 valence electrons. The van der Waals surface area contributed by atoms with Crippen LogP contribution in [0.4, 0.5) is 5.69 Å². The smallest absolute Gasteiger partial charge is 0.184 e. The van der Waals surface area contributed by atoms with E-state index in [1.54, 1.807) is 6.26 Å². The van der Waals surface area contributed by atoms with Gasteiger partial charge in [-0.05, 0) is 35.4 Å². The molecule has 1 aromatic heterocycles. The molecule has 3 aromatic carbocycles. The first-order valence-electron chi connectivity index (χ1n) is 8.99. The Balaban J connectivity index is 1.85. The number of para-hydroxylation sites is 1. The predicted molar refractivity (Wildman–Crippen MR) is 108 cm³/mol. The zero-order chi connectivity index (χ0) is 19.1. The molecule has 4 aromatic rings. The molecule has 0 fully saturated rings. The lowest BCUT2D eigenvalue weighted by Crippen LogP contribution is -2.18. The molecule has 0 saturated heterocycles. The number of nitriles is 1. The number of nitrogens with zero attached hydrogens (tertiary/aromatic N) is 1. The molecule has 0 radical (unpaired) electrons. The van der Waals surface area contributed by atoms with Crippen molar-refractivity contribution in [2.24, 2.45) is 0 Å². The molecule has 2 heterocycles. The fourth-order valence-corrected chi connectivity index (χ4v) is 3.81. The molecule has 0 bridgehead atoms. The average Bonchev–Trinajstić information content (AvgIpc) is 3.28. The third-order valence-corrected chi connectivity index (χ3v) is 5.09. The zero-order valence-electron chi connectivity index (χ0n) is 14.9. The molecule has 4 nitrogen and oxygen atoms in total. The highest BCUT2D eigenvalue weighted by atomic mass is 16.5. The number of hydrogen-bond donors (Lipinski definition) is 1. The molecule has 1 atom stereocenters. The fraction of sp³-hybridized carbons (Fsp3) is 0.0417. The van der Waals surface area contributed by atoms with E-state index in [0.29, 0.717) is 17.0 Å². The number of nitrogens with two attached hydrogens (primary N) is 1. The van der Waals surface area contributed by atoms with Gasteiger partial charge in [-0.2, -0.15) is 5.26 Å². The highest BCUT2D eigenvalue weighted by Crippen LogP contribution is 2.49. The van der Waals surface area contributed by atoms with Crippen molar-refractivity contribution in [2.75, 3.05) is 5.73 Å². The summed E-state index contributed by atoms with van der Waals surface area (Å²) >= 11 is 0. The molecule has 1 aliphatic rings. The second kappa shape index (κ2) is 6.33. The SMILES string of the molecule is N#Cc1c(-c2ccccc2)cc2c(c1N)C(c1ccco1)Oc1ccccc1-2. The summed E-state index contributed by atoms with van der Waals surface area (Å²) in [5.41, 5.74) is 11.9. The van der Waals surface area contributed by atoms with E-state index in [0.717, 1.165) is 33.6 Å². The van der Waals surface area contributed by atoms with Crippen LogP contribution in [-0.4, -0.2) is 0 Å². The lowest BCUT2D eigenvalue weighted by molar-refractivity contribution is 0.212. The van der Waals surface area contributed by atoms with E-state index in [4.69, 9.17) is 14.9 Å². The van der Waals surface area contributed by atoms with Gasteiger partial charge in [0.2, 0.25) is 0 Å². The number of nitrogen functional groups attached to an aromatic ring is 1. The summed E-state index contributed by atoms with van der Waals surface area (Å²) in [5, 5.41) is 9.88. The number of ether oxygens (including phenoxy) is 1. The van der Waals surface area contributed by atoms with Gasteiger partial charge in [0, 0.05) is 16.7 Å². The Bertz CT molecular complexity index is 1210. The van der Waals surface area contributed by atoms with Crippen LogP contribution < -0.4 is 10.5 Å². The van der Waals surface area contributed by atoms with E-state index >= 15 is 0 Å². The van der Waals surface area contributed by atoms with Crippen molar-refractivity contribution in [3.8, 4) is 34.1 Å². The van der Waals surface area contributed by atoms with Crippen molar-refractivity contribution >= 4 is 5.69 Å². The fourth-order valence-electron chi connectivity index (χ4n) is 3.81. The monoisotopic (exact) mass is 364 g/mol. The predicted octanol–water partition coefficient (Wildman–Crippen LogP) is 5.55. The van der Waals surface area contributed by atoms with Crippen LogP contribution in [0.1, 0.15) is 23.0 Å². The van der Waals surface area contributed by atoms with Crippen LogP contribution >= 0.6 is 0 Å². The molecule has 2 N–H and O–H groups in total. The second-order valence-corrected chi connectivity index (χ2v) is 6.66. The third kappa shape index (κ3) is 2.38. The minimum Gasteiger partial charge on any atom is -0.477 e. The molecule has 1 unspecified atom stereocenters. The summed E-state index contributed by atoms with van der Waals surface area (Å²) in [4.78, 5) is 0. The molecule has 5 rings (SSSR count). The molecular weight excluding hydrogens is 348 g/mol. The minimum atomic E-state index is -0.503. The highest BCUT2D eigenvalue weighted by Gasteiger charge is 2.33. The lowest BCUT2D eigenvalue weighted by atomic mass is 9.85. The minimum absolute atomic E-state index is 0.426. The number of furan rings is 1. The first-order valence-corrected chi connectivity index (χ1v) is 8.99. The average molecular weight is 364 g/mol. The van der Waals surface area contributed by atoms with E-state index in [2.05, 4.69) is 6.07 Å². The molecule has 1 aliphatic heterocycles. The number of hydrogen-bond acceptors (Lipinski definition) is 4. The van der Waals surface area contributed by atoms with Crippen LogP contribution in [0.15, 0.2) is 83.5 Å². The van der Waals surface area contributed by atoms with Gasteiger partial charge in [-0.3, -0.25) is 0 Å². The number of benzene rings is 3. The Labute approximate surface area is 162 Å². The zero-order valence-corrected chi connectivity index (χ0v) is 14.9. The standard InChI is InChI=1S/C24H16N2O2/c25-14-19-17(15-7-2-1-3-8-15)13-18-16-9-4-5-10-20(16)28-24(22(18)23(19)26)21-11-6-12-27-21/h1-13,24H,26H2. The maximum atomic E-state index is 9.88. The maximum absolute atomic E-state index is 9.88. The molecule has 0 aliphatic carbocycles. The first kappa shape index (κ1) is 16.2. The van der Waals surface area contributed by atoms with Gasteiger partial charge >= 0.3 is 0 Å². The summed E-state index contributed by atoms with van der Waals surface area (Å²) < 4.78 is 11.9. The molecule has 28 heavy (non-hydrogen) atoms. The van der Waals surface area contributed by atoms with Crippen LogP contribution in [0.2, 0.25) is 0 Å². The van der Waals surface area contributed by atoms with Crippen molar-refractivity contribution in [1.82, 2.24) is 0 Å². The van der Waals surface area contributed by atoms with E-state index in [1.165, 1.54) is 0 Å². The van der Waals surface area contributed by atoms with Crippen LogP contribution in [0, 0.1) is 11.3 Å². The largest absolute Gasteiger partial charge is 0.477 e. The summed E-state index contributed by atoms with van der Waals surface area (Å²) in [5.74, 6) is 1.42. The third-order valence-electron chi connectivity index (χ3n) is 5.09. The van der Waals surface area contributed by atoms with Gasteiger partial charge in [0.25, 0.3) is 0 Å². The van der Waals surface area contributed by atoms with Crippen LogP contribution in [-0.2, 0) is 0 Å². The maximum Gasteiger partial charge on any atom is 0.184 e. The Hall–Kier alpha value is -3.97. The van der Waals surface area contributed by atoms with Gasteiger partial charge in [0.05, 0.1) is 17.5 Å². The second-order valence-electron chi connectivity index (χ2n) is 6.66. The first-order chi connectivity index (χ1) is 13.8. The summed E-state index contributed by atoms with van der Waals surface area (Å²) in [6.07, 6.45) is 1.11. The van der Waals surface area contributed by atoms with E-state index < -0.39 is 6.10 Å². The molecule has 0 amide bonds. The number of fused-ring (bicyclic) bond motifs is 3. The number of rotatable bonds is 2. The van der Waals surface area contributed by atoms with Gasteiger partial charge in [-0.25, -0.2) is 0 Å². The van der Waals surface area contributed by atoms with Gasteiger partial charge < -0.3 is 14.9 Å². The summed E-state index contributed by atoms with van der Waals surface area (Å²) in [7, 11) is 0. The summed E-state index contributed by atoms with van der Waals surface area (Å²) in [6, 6.07) is 25.7. The number of anilines is 1. The Morgan fingerprint density at radius 1 is 0.857 bits per heavy atom. The van der Waals surface area contributed by atoms with Gasteiger partial charge in [0.15, 0.2) is 6.10 Å². The van der Waals surface area contributed by atoms with Crippen LogP contribution in [0.25, 0.3) is 22.3 Å². The Morgan fingerprint density at radius 3 is 2.39 bits per heavy atom. The van der Waals surface area contributed by atoms with E-state index in [9.17, 15) is 5.26 Å². The van der Waals surface area contributed by atoms with Gasteiger partial charge in [-0.15, -0.1) is 0 Å². The lowest BCUT2D eigenvalue weighted by Gasteiger charge is -2.30. The van der Waals surface area contributed by atoms with Crippen molar-refractivity contribution < 1.29 is 9.15 Å². The normalized spacial score (nSPS) is 14.5. The quantitative estimate of drug-likeness (QED) is 0.473. The van der Waals surface area contributed by atoms with Crippen molar-refractivity contribution in [3.63, 3.8) is 0 Å². The van der Waals surface area contributed by atoms with E-state index in [-0.39, 0.29) is 0 Å². The van der Waals surface area contributed by atoms with E-state index in [1.807, 2.05) is 72.8 Å². The van der Waals surface area contributed by atoms with Crippen LogP contribution in [0.3, 0.4) is 0 Å². The topological polar surface area (TPSA) is 72.2 Å². The Kier molecular flexibility index (Phi) is 3.67. The Morgan fingerprint density at radius 2 is 1.64 bits per heavy atom. The molecule has 4 heteroatoms. The molecule has 0 spiro atoms. The highest BCUT2D eigenvalue weighted by molar-refractivity contribution is 5.90. The van der Waals surface area contributed by atoms with Crippen LogP contribution in [0.5, 0.6) is 5.75 Å². The van der Waals surface area contributed by atoms with Gasteiger partial charge in [-0.1, -0.05) is 48.5 Å². The van der Waals surface area contributed by atoms with Gasteiger partial charge in [0.1, 0.15) is 17.6 Å².